The van der Waals surface area contributed by atoms with Crippen molar-refractivity contribution in [2.75, 3.05) is 14.1 Å². The molecule has 1 aliphatic carbocycles. The van der Waals surface area contributed by atoms with Gasteiger partial charge in [0.25, 0.3) is 0 Å². The Morgan fingerprint density at radius 3 is 2.14 bits per heavy atom. The smallest absolute Gasteiger partial charge is 0.184 e. The minimum Gasteiger partial charge on any atom is -0.296 e. The highest BCUT2D eigenvalue weighted by atomic mass is 16.1. The average Bonchev–Trinajstić information content (AvgIpc) is 2.53. The summed E-state index contributed by atoms with van der Waals surface area (Å²) >= 11 is 0. The minimum atomic E-state index is -0.799. The molecule has 0 fully saturated rings. The van der Waals surface area contributed by atoms with E-state index in [1.165, 1.54) is 0 Å². The molecule has 3 nitrogen and oxygen atoms in total. The zero-order chi connectivity index (χ0) is 15.7. The Bertz CT molecular complexity index is 721. The van der Waals surface area contributed by atoms with E-state index in [1.807, 2.05) is 61.5 Å². The van der Waals surface area contributed by atoms with Crippen LogP contribution < -0.4 is 0 Å². The third-order valence-corrected chi connectivity index (χ3v) is 4.54. The number of hydrogen-bond donors (Lipinski definition) is 0. The first-order chi connectivity index (χ1) is 10.5. The molecule has 0 aliphatic heterocycles. The summed E-state index contributed by atoms with van der Waals surface area (Å²) in [5.41, 5.74) is 1.37. The van der Waals surface area contributed by atoms with Gasteiger partial charge in [-0.3, -0.25) is 14.5 Å². The lowest BCUT2D eigenvalue weighted by Crippen LogP contribution is -2.56. The van der Waals surface area contributed by atoms with Crippen molar-refractivity contribution in [2.24, 2.45) is 0 Å². The van der Waals surface area contributed by atoms with Crippen molar-refractivity contribution in [3.05, 3.63) is 71.3 Å². The first kappa shape index (κ1) is 14.7. The van der Waals surface area contributed by atoms with Crippen LogP contribution in [0.3, 0.4) is 0 Å². The zero-order valence-electron chi connectivity index (χ0n) is 12.9. The minimum absolute atomic E-state index is 0.0385. The quantitative estimate of drug-likeness (QED) is 0.873. The summed E-state index contributed by atoms with van der Waals surface area (Å²) in [6, 6.07) is 17.0. The number of ketones is 2. The molecule has 0 saturated carbocycles. The van der Waals surface area contributed by atoms with Crippen LogP contribution in [0.25, 0.3) is 0 Å². The van der Waals surface area contributed by atoms with Crippen LogP contribution in [0.15, 0.2) is 54.6 Å². The first-order valence-electron chi connectivity index (χ1n) is 7.43. The number of fused-ring (bicyclic) bond motifs is 1. The molecule has 0 heterocycles. The Hall–Kier alpha value is -2.26. The summed E-state index contributed by atoms with van der Waals surface area (Å²) < 4.78 is 0. The lowest BCUT2D eigenvalue weighted by Gasteiger charge is -2.41. The van der Waals surface area contributed by atoms with Crippen molar-refractivity contribution in [1.29, 1.82) is 0 Å². The van der Waals surface area contributed by atoms with E-state index < -0.39 is 5.54 Å². The van der Waals surface area contributed by atoms with Crippen LogP contribution >= 0.6 is 0 Å². The molecule has 0 N–H and O–H groups in total. The molecule has 0 amide bonds. The van der Waals surface area contributed by atoms with Crippen molar-refractivity contribution < 1.29 is 9.59 Å². The van der Waals surface area contributed by atoms with Crippen molar-refractivity contribution in [3.63, 3.8) is 0 Å². The Labute approximate surface area is 130 Å². The van der Waals surface area contributed by atoms with Crippen LogP contribution in [0.2, 0.25) is 0 Å². The Morgan fingerprint density at radius 2 is 1.50 bits per heavy atom. The van der Waals surface area contributed by atoms with E-state index in [2.05, 4.69) is 0 Å². The number of rotatable bonds is 3. The zero-order valence-corrected chi connectivity index (χ0v) is 12.9. The van der Waals surface area contributed by atoms with E-state index in [-0.39, 0.29) is 18.0 Å². The van der Waals surface area contributed by atoms with Crippen LogP contribution in [0.4, 0.5) is 0 Å². The van der Waals surface area contributed by atoms with Gasteiger partial charge in [0.05, 0.1) is 5.54 Å². The lowest BCUT2D eigenvalue weighted by atomic mass is 9.72. The first-order valence-corrected chi connectivity index (χ1v) is 7.43. The molecule has 22 heavy (non-hydrogen) atoms. The Kier molecular flexibility index (Phi) is 3.67. The summed E-state index contributed by atoms with van der Waals surface area (Å²) in [7, 11) is 3.75. The van der Waals surface area contributed by atoms with E-state index in [0.717, 1.165) is 5.56 Å². The van der Waals surface area contributed by atoms with Gasteiger partial charge < -0.3 is 0 Å². The Balaban J connectivity index is 2.09. The van der Waals surface area contributed by atoms with Crippen molar-refractivity contribution >= 4 is 11.6 Å². The number of likely N-dealkylation sites (N-methyl/N-ethyl adjacent to an activating group) is 1. The third-order valence-electron chi connectivity index (χ3n) is 4.54. The number of hydrogen-bond acceptors (Lipinski definition) is 3. The highest BCUT2D eigenvalue weighted by Gasteiger charge is 2.47. The number of nitrogens with zero attached hydrogens (tertiary/aromatic N) is 1. The van der Waals surface area contributed by atoms with Crippen molar-refractivity contribution in [1.82, 2.24) is 4.90 Å². The van der Waals surface area contributed by atoms with Crippen molar-refractivity contribution in [3.8, 4) is 0 Å². The molecule has 1 atom stereocenters. The van der Waals surface area contributed by atoms with Gasteiger partial charge in [-0.05, 0) is 26.1 Å². The van der Waals surface area contributed by atoms with Gasteiger partial charge in [-0.2, -0.15) is 0 Å². The summed E-state index contributed by atoms with van der Waals surface area (Å²) in [4.78, 5) is 27.6. The molecule has 2 aromatic rings. The Morgan fingerprint density at radius 1 is 0.909 bits per heavy atom. The molecule has 0 radical (unpaired) electrons. The highest BCUT2D eigenvalue weighted by molar-refractivity contribution is 6.18. The largest absolute Gasteiger partial charge is 0.296 e. The van der Waals surface area contributed by atoms with Gasteiger partial charge in [0, 0.05) is 17.5 Å². The normalized spacial score (nSPS) is 21.0. The molecule has 0 aromatic heterocycles. The molecular weight excluding hydrogens is 274 g/mol. The van der Waals surface area contributed by atoms with Gasteiger partial charge in [-0.25, -0.2) is 0 Å². The van der Waals surface area contributed by atoms with Gasteiger partial charge in [-0.1, -0.05) is 54.6 Å². The highest BCUT2D eigenvalue weighted by Crippen LogP contribution is 2.34. The van der Waals surface area contributed by atoms with E-state index in [1.54, 1.807) is 12.1 Å². The molecular formula is C19H19NO2. The molecule has 112 valence electrons. The van der Waals surface area contributed by atoms with Crippen LogP contribution in [-0.2, 0) is 6.42 Å². The number of benzene rings is 2. The van der Waals surface area contributed by atoms with Gasteiger partial charge >= 0.3 is 0 Å². The summed E-state index contributed by atoms with van der Waals surface area (Å²) in [6.07, 6.45) is 0.768. The van der Waals surface area contributed by atoms with Crippen LogP contribution in [-0.4, -0.2) is 36.1 Å². The second-order valence-electron chi connectivity index (χ2n) is 6.06. The van der Waals surface area contributed by atoms with Gasteiger partial charge in [-0.15, -0.1) is 0 Å². The standard InChI is InChI=1S/C19H19NO2/c1-20(2)19(12-14-8-4-3-5-9-14)13-17(21)15-10-6-7-11-16(15)18(19)22/h3-11H,12-13H2,1-2H3. The lowest BCUT2D eigenvalue weighted by molar-refractivity contribution is 0.0577. The maximum Gasteiger partial charge on any atom is 0.184 e. The van der Waals surface area contributed by atoms with E-state index >= 15 is 0 Å². The van der Waals surface area contributed by atoms with Gasteiger partial charge in [0.1, 0.15) is 0 Å². The number of Topliss-reactive ketones (excluding diaryl/α,β-unsaturated/α-hetero) is 2. The second-order valence-corrected chi connectivity index (χ2v) is 6.06. The van der Waals surface area contributed by atoms with E-state index in [0.29, 0.717) is 17.5 Å². The summed E-state index contributed by atoms with van der Waals surface area (Å²) in [5.74, 6) is 0.0800. The maximum absolute atomic E-state index is 13.1. The van der Waals surface area contributed by atoms with Gasteiger partial charge in [0.15, 0.2) is 11.6 Å². The summed E-state index contributed by atoms with van der Waals surface area (Å²) in [6.45, 7) is 0. The number of carbonyl (C=O) groups excluding carboxylic acids is 2. The maximum atomic E-state index is 13.1. The average molecular weight is 293 g/mol. The molecule has 0 saturated heterocycles. The fraction of sp³-hybridized carbons (Fsp3) is 0.263. The molecule has 3 heteroatoms. The van der Waals surface area contributed by atoms with E-state index in [9.17, 15) is 9.59 Å². The van der Waals surface area contributed by atoms with Crippen LogP contribution in [0.1, 0.15) is 32.7 Å². The fourth-order valence-corrected chi connectivity index (χ4v) is 3.21. The predicted octanol–water partition coefficient (Wildman–Crippen LogP) is 3.00. The van der Waals surface area contributed by atoms with E-state index in [4.69, 9.17) is 0 Å². The van der Waals surface area contributed by atoms with Crippen LogP contribution in [0.5, 0.6) is 0 Å². The number of carbonyl (C=O) groups is 2. The topological polar surface area (TPSA) is 37.4 Å². The fourth-order valence-electron chi connectivity index (χ4n) is 3.21. The third kappa shape index (κ3) is 2.28. The molecule has 0 spiro atoms. The predicted molar refractivity (Wildman–Crippen MR) is 86.3 cm³/mol. The molecule has 0 bridgehead atoms. The monoisotopic (exact) mass is 293 g/mol. The summed E-state index contributed by atoms with van der Waals surface area (Å²) in [5, 5.41) is 0. The SMILES string of the molecule is CN(C)C1(Cc2ccccc2)CC(=O)c2ccccc2C1=O. The second kappa shape index (κ2) is 5.50. The molecule has 1 unspecified atom stereocenters. The van der Waals surface area contributed by atoms with Gasteiger partial charge in [0.2, 0.25) is 0 Å². The molecule has 1 aliphatic rings. The molecule has 2 aromatic carbocycles. The van der Waals surface area contributed by atoms with Crippen molar-refractivity contribution in [2.45, 2.75) is 18.4 Å². The van der Waals surface area contributed by atoms with Crippen LogP contribution in [0, 0.1) is 0 Å². The molecule has 3 rings (SSSR count).